The maximum absolute atomic E-state index is 8.73. The Labute approximate surface area is 281 Å². The van der Waals surface area contributed by atoms with Gasteiger partial charge >= 0.3 is 0 Å². The lowest BCUT2D eigenvalue weighted by Crippen LogP contribution is -2.11. The molecule has 0 unspecified atom stereocenters. The van der Waals surface area contributed by atoms with Gasteiger partial charge in [0.05, 0.1) is 109 Å². The molecular formula is C34H50O10S2. The monoisotopic (exact) mass is 682 g/mol. The van der Waals surface area contributed by atoms with Gasteiger partial charge in [-0.05, 0) is 72.3 Å². The van der Waals surface area contributed by atoms with Crippen molar-refractivity contribution in [3.63, 3.8) is 0 Å². The molecule has 0 aliphatic rings. The molecule has 1 aromatic carbocycles. The Hall–Kier alpha value is -1.94. The van der Waals surface area contributed by atoms with Gasteiger partial charge in [0.25, 0.3) is 0 Å². The van der Waals surface area contributed by atoms with Gasteiger partial charge in [0.15, 0.2) is 0 Å². The molecule has 0 saturated heterocycles. The van der Waals surface area contributed by atoms with Crippen molar-refractivity contribution in [2.45, 2.75) is 27.1 Å². The molecular weight excluding hydrogens is 632 g/mol. The highest BCUT2D eigenvalue weighted by Gasteiger charge is 2.17. The van der Waals surface area contributed by atoms with E-state index in [2.05, 4.69) is 29.6 Å². The summed E-state index contributed by atoms with van der Waals surface area (Å²) in [6, 6.07) is 12.5. The Bertz CT molecular complexity index is 1150. The molecule has 0 bridgehead atoms. The molecule has 46 heavy (non-hydrogen) atoms. The Morgan fingerprint density at radius 1 is 0.543 bits per heavy atom. The van der Waals surface area contributed by atoms with Gasteiger partial charge in [-0.1, -0.05) is 0 Å². The van der Waals surface area contributed by atoms with Crippen LogP contribution in [0.1, 0.15) is 25.0 Å². The molecule has 10 nitrogen and oxygen atoms in total. The number of aliphatic hydroxyl groups excluding tert-OH is 1. The lowest BCUT2D eigenvalue weighted by molar-refractivity contribution is 0.0127. The van der Waals surface area contributed by atoms with Crippen LogP contribution in [-0.4, -0.2) is 111 Å². The highest BCUT2D eigenvalue weighted by molar-refractivity contribution is 7.23. The largest absolute Gasteiger partial charge is 0.491 e. The molecule has 0 radical (unpaired) electrons. The topological polar surface area (TPSA) is 103 Å². The molecule has 3 rings (SSSR count). The number of aliphatic hydroxyl groups is 1. The molecule has 0 spiro atoms. The molecule has 0 aliphatic heterocycles. The number of ether oxygens (including phenoxy) is 9. The second-order valence-electron chi connectivity index (χ2n) is 9.78. The van der Waals surface area contributed by atoms with E-state index >= 15 is 0 Å². The zero-order valence-electron chi connectivity index (χ0n) is 27.2. The van der Waals surface area contributed by atoms with Gasteiger partial charge in [0, 0.05) is 18.1 Å². The van der Waals surface area contributed by atoms with Crippen molar-refractivity contribution in [2.75, 3.05) is 106 Å². The molecule has 3 aromatic rings. The average molecular weight is 683 g/mol. The molecule has 0 aliphatic carbocycles. The van der Waals surface area contributed by atoms with Crippen LogP contribution in [0.2, 0.25) is 0 Å². The van der Waals surface area contributed by atoms with Crippen molar-refractivity contribution in [2.24, 2.45) is 0 Å². The second-order valence-corrected chi connectivity index (χ2v) is 11.8. The van der Waals surface area contributed by atoms with Crippen LogP contribution < -0.4 is 4.74 Å². The van der Waals surface area contributed by atoms with E-state index < -0.39 is 0 Å². The van der Waals surface area contributed by atoms with E-state index in [0.29, 0.717) is 112 Å². The molecule has 0 fully saturated rings. The van der Waals surface area contributed by atoms with Crippen LogP contribution in [0, 0.1) is 0 Å². The van der Waals surface area contributed by atoms with Crippen LogP contribution in [0.5, 0.6) is 5.75 Å². The van der Waals surface area contributed by atoms with Crippen LogP contribution in [0.25, 0.3) is 20.2 Å². The fourth-order valence-corrected chi connectivity index (χ4v) is 6.47. The summed E-state index contributed by atoms with van der Waals surface area (Å²) in [5, 5.41) is 10.8. The first-order valence-corrected chi connectivity index (χ1v) is 17.6. The van der Waals surface area contributed by atoms with Gasteiger partial charge in [0.2, 0.25) is 0 Å². The van der Waals surface area contributed by atoms with Crippen LogP contribution in [0.3, 0.4) is 0 Å². The highest BCUT2D eigenvalue weighted by Crippen LogP contribution is 2.42. The summed E-state index contributed by atoms with van der Waals surface area (Å²) in [5.74, 6) is 0.785. The van der Waals surface area contributed by atoms with E-state index in [1.54, 1.807) is 22.7 Å². The highest BCUT2D eigenvalue weighted by atomic mass is 32.1. The van der Waals surface area contributed by atoms with Gasteiger partial charge in [-0.2, -0.15) is 0 Å². The zero-order valence-corrected chi connectivity index (χ0v) is 28.8. The van der Waals surface area contributed by atoms with Gasteiger partial charge in [0.1, 0.15) is 12.4 Å². The fraction of sp³-hybridized carbons (Fsp3) is 0.588. The lowest BCUT2D eigenvalue weighted by atomic mass is 10.1. The standard InChI is InChI=1S/C34H50O10S2/c1-3-36-12-14-39-18-20-42-26-29-9-24-45-33(29)34-30(27-43-21-19-40-15-13-37-4-2)25-32(46-34)28-5-7-31(8-6-28)44-23-22-41-17-16-38-11-10-35/h5-9,24-25,35H,3-4,10-23,26-27H2,1-2H3. The number of hydrogen-bond donors (Lipinski definition) is 1. The summed E-state index contributed by atoms with van der Waals surface area (Å²) in [7, 11) is 0. The molecule has 1 N–H and O–H groups in total. The molecule has 0 amide bonds. The summed E-state index contributed by atoms with van der Waals surface area (Å²) in [6.07, 6.45) is 0. The van der Waals surface area contributed by atoms with E-state index in [1.807, 2.05) is 26.0 Å². The maximum Gasteiger partial charge on any atom is 0.119 e. The maximum atomic E-state index is 8.73. The first kappa shape index (κ1) is 38.5. The molecule has 2 aromatic heterocycles. The van der Waals surface area contributed by atoms with Crippen molar-refractivity contribution in [1.82, 2.24) is 0 Å². The second kappa shape index (κ2) is 25.1. The van der Waals surface area contributed by atoms with Crippen LogP contribution >= 0.6 is 22.7 Å². The zero-order chi connectivity index (χ0) is 32.5. The summed E-state index contributed by atoms with van der Waals surface area (Å²) in [4.78, 5) is 3.54. The van der Waals surface area contributed by atoms with Crippen LogP contribution in [0.4, 0.5) is 0 Å². The van der Waals surface area contributed by atoms with Crippen molar-refractivity contribution in [3.05, 3.63) is 52.9 Å². The normalized spacial score (nSPS) is 11.5. The molecule has 258 valence electrons. The van der Waals surface area contributed by atoms with Crippen LogP contribution in [0.15, 0.2) is 41.8 Å². The minimum absolute atomic E-state index is 0.0166. The predicted molar refractivity (Wildman–Crippen MR) is 181 cm³/mol. The molecule has 2 heterocycles. The summed E-state index contributed by atoms with van der Waals surface area (Å²) in [5.41, 5.74) is 3.40. The minimum atomic E-state index is 0.0166. The lowest BCUT2D eigenvalue weighted by Gasteiger charge is -2.09. The van der Waals surface area contributed by atoms with Gasteiger partial charge in [-0.15, -0.1) is 22.7 Å². The first-order chi connectivity index (χ1) is 22.8. The fourth-order valence-electron chi connectivity index (χ4n) is 4.17. The average Bonchev–Trinajstić information content (AvgIpc) is 3.72. The number of rotatable bonds is 29. The van der Waals surface area contributed by atoms with Crippen molar-refractivity contribution in [1.29, 1.82) is 0 Å². The Balaban J connectivity index is 1.58. The number of benzene rings is 1. The third kappa shape index (κ3) is 15.3. The third-order valence-electron chi connectivity index (χ3n) is 6.42. The summed E-state index contributed by atoms with van der Waals surface area (Å²) in [6.45, 7) is 12.9. The smallest absolute Gasteiger partial charge is 0.119 e. The Kier molecular flexibility index (Phi) is 21.0. The number of thiophene rings is 2. The molecule has 0 atom stereocenters. The van der Waals surface area contributed by atoms with Crippen molar-refractivity contribution in [3.8, 4) is 25.9 Å². The third-order valence-corrected chi connectivity index (χ3v) is 8.76. The van der Waals surface area contributed by atoms with E-state index in [9.17, 15) is 0 Å². The quantitative estimate of drug-likeness (QED) is 0.0920. The van der Waals surface area contributed by atoms with Crippen molar-refractivity contribution >= 4 is 22.7 Å². The summed E-state index contributed by atoms with van der Waals surface area (Å²) >= 11 is 3.47. The van der Waals surface area contributed by atoms with Crippen molar-refractivity contribution < 1.29 is 47.7 Å². The van der Waals surface area contributed by atoms with E-state index in [-0.39, 0.29) is 6.61 Å². The van der Waals surface area contributed by atoms with Gasteiger partial charge in [-0.25, -0.2) is 0 Å². The van der Waals surface area contributed by atoms with E-state index in [4.69, 9.17) is 47.7 Å². The number of hydrogen-bond acceptors (Lipinski definition) is 12. The Morgan fingerprint density at radius 3 is 1.65 bits per heavy atom. The van der Waals surface area contributed by atoms with E-state index in [1.165, 1.54) is 9.75 Å². The minimum Gasteiger partial charge on any atom is -0.491 e. The van der Waals surface area contributed by atoms with Gasteiger partial charge < -0.3 is 47.7 Å². The SMILES string of the molecule is CCOCCOCCOCc1ccsc1-c1sc(-c2ccc(OCCOCCOCCO)cc2)cc1COCCOCCOCC. The Morgan fingerprint density at radius 2 is 1.07 bits per heavy atom. The van der Waals surface area contributed by atoms with E-state index in [0.717, 1.165) is 27.3 Å². The first-order valence-electron chi connectivity index (χ1n) is 15.9. The molecule has 0 saturated carbocycles. The van der Waals surface area contributed by atoms with Crippen LogP contribution in [-0.2, 0) is 51.1 Å². The predicted octanol–water partition coefficient (Wildman–Crippen LogP) is 5.69. The van der Waals surface area contributed by atoms with Gasteiger partial charge in [-0.3, -0.25) is 0 Å². The summed E-state index contributed by atoms with van der Waals surface area (Å²) < 4.78 is 50.4. The molecule has 12 heteroatoms.